The van der Waals surface area contributed by atoms with E-state index < -0.39 is 109 Å². The van der Waals surface area contributed by atoms with Gasteiger partial charge in [-0.25, -0.2) is 4.79 Å². The van der Waals surface area contributed by atoms with Gasteiger partial charge >= 0.3 is 5.97 Å². The van der Waals surface area contributed by atoms with Gasteiger partial charge in [-0.05, 0) is 54.5 Å². The van der Waals surface area contributed by atoms with Crippen LogP contribution in [0.4, 0.5) is 0 Å². The topological polar surface area (TPSA) is 296 Å². The number of methoxy groups -OCH3 is 1. The Kier molecular flexibility index (Phi) is 14.8. The first-order valence-electron chi connectivity index (χ1n) is 21.0. The van der Waals surface area contributed by atoms with E-state index in [2.05, 4.69) is 37.2 Å². The Balaban J connectivity index is 1.39. The molecule has 2 aromatic carbocycles. The van der Waals surface area contributed by atoms with E-state index in [0.717, 1.165) is 7.11 Å². The highest BCUT2D eigenvalue weighted by Crippen LogP contribution is 2.27. The van der Waals surface area contributed by atoms with Crippen LogP contribution < -0.4 is 37.2 Å². The molecule has 0 saturated carbocycles. The van der Waals surface area contributed by atoms with E-state index in [1.165, 1.54) is 27.8 Å². The van der Waals surface area contributed by atoms with Crippen LogP contribution in [0.15, 0.2) is 54.7 Å². The fourth-order valence-corrected chi connectivity index (χ4v) is 8.11. The molecule has 21 nitrogen and oxygen atoms in total. The van der Waals surface area contributed by atoms with Gasteiger partial charge in [0.25, 0.3) is 5.91 Å². The number of nitrogens with one attached hydrogen (secondary N) is 7. The Morgan fingerprint density at radius 1 is 0.875 bits per heavy atom. The molecule has 3 aliphatic rings. The highest BCUT2D eigenvalue weighted by Gasteiger charge is 2.41. The first-order valence-corrected chi connectivity index (χ1v) is 21.0. The number of rotatable bonds is 10. The van der Waals surface area contributed by atoms with Crippen molar-refractivity contribution < 1.29 is 58.1 Å². The summed E-state index contributed by atoms with van der Waals surface area (Å²) in [5.41, 5.74) is 1.28. The van der Waals surface area contributed by atoms with E-state index >= 15 is 0 Å². The zero-order valence-corrected chi connectivity index (χ0v) is 35.6. The van der Waals surface area contributed by atoms with E-state index in [1.54, 1.807) is 50.2 Å². The Morgan fingerprint density at radius 3 is 2.28 bits per heavy atom. The number of likely N-dealkylation sites (tertiary alicyclic amines) is 1. The van der Waals surface area contributed by atoms with Gasteiger partial charge in [0, 0.05) is 37.4 Å². The molecule has 6 rings (SSSR count). The van der Waals surface area contributed by atoms with Crippen LogP contribution in [0.5, 0.6) is 5.75 Å². The summed E-state index contributed by atoms with van der Waals surface area (Å²) in [5.74, 6) is -7.15. The number of phenolic OH excluding ortho intramolecular Hbond substituents is 1. The van der Waals surface area contributed by atoms with Crippen molar-refractivity contribution in [3.63, 3.8) is 0 Å². The van der Waals surface area contributed by atoms with Crippen LogP contribution in [0.25, 0.3) is 10.9 Å². The summed E-state index contributed by atoms with van der Waals surface area (Å²) in [6, 6.07) is 5.28. The molecular weight excluding hydrogens is 835 g/mol. The third-order valence-electron chi connectivity index (χ3n) is 11.5. The van der Waals surface area contributed by atoms with E-state index in [4.69, 9.17) is 4.74 Å². The highest BCUT2D eigenvalue weighted by molar-refractivity contribution is 5.99. The molecule has 2 fully saturated rings. The van der Waals surface area contributed by atoms with Gasteiger partial charge in [0.1, 0.15) is 42.0 Å². The number of amides is 8. The van der Waals surface area contributed by atoms with Crippen molar-refractivity contribution in [3.05, 3.63) is 65.9 Å². The molecule has 1 aromatic heterocycles. The average Bonchev–Trinajstić information content (AvgIpc) is 4.04. The Hall–Kier alpha value is -7.03. The third-order valence-corrected chi connectivity index (χ3v) is 11.5. The highest BCUT2D eigenvalue weighted by atomic mass is 16.5. The maximum Gasteiger partial charge on any atom is 0.328 e. The largest absolute Gasteiger partial charge is 0.508 e. The summed E-state index contributed by atoms with van der Waals surface area (Å²) in [6.07, 6.45) is 0.695. The third kappa shape index (κ3) is 10.8. The van der Waals surface area contributed by atoms with Gasteiger partial charge in [0.05, 0.1) is 25.8 Å². The Bertz CT molecular complexity index is 2300. The van der Waals surface area contributed by atoms with Crippen LogP contribution in [0.2, 0.25) is 0 Å². The molecule has 342 valence electrons. The van der Waals surface area contributed by atoms with Crippen LogP contribution in [-0.4, -0.2) is 136 Å². The molecule has 9 N–H and O–H groups in total. The molecule has 4 heterocycles. The van der Waals surface area contributed by atoms with Crippen molar-refractivity contribution in [2.24, 2.45) is 5.92 Å². The molecule has 64 heavy (non-hydrogen) atoms. The molecule has 3 aromatic rings. The van der Waals surface area contributed by atoms with Crippen molar-refractivity contribution in [1.29, 1.82) is 0 Å². The van der Waals surface area contributed by atoms with E-state index in [9.17, 15) is 53.4 Å². The van der Waals surface area contributed by atoms with Crippen molar-refractivity contribution in [2.45, 2.75) is 94.8 Å². The average molecular weight is 888 g/mol. The predicted octanol–water partition coefficient (Wildman–Crippen LogP) is -2.09. The van der Waals surface area contributed by atoms with Gasteiger partial charge in [-0.2, -0.15) is 0 Å². The second-order valence-corrected chi connectivity index (χ2v) is 16.3. The zero-order chi connectivity index (χ0) is 46.2. The number of hydrogen-bond acceptors (Lipinski definition) is 12. The van der Waals surface area contributed by atoms with Crippen molar-refractivity contribution in [2.75, 3.05) is 26.8 Å². The smallest absolute Gasteiger partial charge is 0.328 e. The summed E-state index contributed by atoms with van der Waals surface area (Å²) < 4.78 is 6.39. The molecule has 2 bridgehead atoms. The summed E-state index contributed by atoms with van der Waals surface area (Å²) in [7, 11) is 1.11. The first-order chi connectivity index (χ1) is 30.6. The second-order valence-electron chi connectivity index (χ2n) is 16.3. The molecule has 0 aliphatic carbocycles. The number of aromatic nitrogens is 1. The summed E-state index contributed by atoms with van der Waals surface area (Å²) in [4.78, 5) is 123. The monoisotopic (exact) mass is 887 g/mol. The number of phenols is 1. The van der Waals surface area contributed by atoms with Gasteiger partial charge in [0.15, 0.2) is 6.17 Å². The number of nitrogens with zero attached hydrogens (tertiary/aromatic N) is 2. The Morgan fingerprint density at radius 2 is 1.61 bits per heavy atom. The molecule has 8 amide bonds. The number of benzene rings is 2. The van der Waals surface area contributed by atoms with Crippen molar-refractivity contribution >= 4 is 64.1 Å². The molecule has 0 radical (unpaired) electrons. The standard InChI is InChI=1S/C43H53N9O12/c1-22(2)35-40(60)44-19-34(56)46-30(21-53)38(58)48-29(43(63)64-3)18-24-20-52(31-8-5-4-7-26(24)31)36(41(61)49-35)50-37(57)28(17-23-10-12-25(54)13-11-23)47-39(59)32-9-6-16-51(32)42(62)27-14-15-33(55)45-27/h4-5,7-8,10-13,20,22,27-30,32,35-36,53-54H,6,9,14-19,21H2,1-3H3,(H,44,60)(H,45,55)(H,46,56)(H,47,59)(H,48,58)(H,49,61)(H,50,57)/t27-,28-,29+,30+,32-,35-,36+/m0/s1. The molecule has 2 saturated heterocycles. The normalized spacial score (nSPS) is 23.8. The predicted molar refractivity (Wildman–Crippen MR) is 225 cm³/mol. The lowest BCUT2D eigenvalue weighted by Gasteiger charge is -2.30. The maximum atomic E-state index is 14.7. The number of carbonyl (C=O) groups is 9. The van der Waals surface area contributed by atoms with E-state index in [1.807, 2.05) is 0 Å². The van der Waals surface area contributed by atoms with Crippen molar-refractivity contribution in [1.82, 2.24) is 46.7 Å². The van der Waals surface area contributed by atoms with Gasteiger partial charge in [-0.15, -0.1) is 0 Å². The fraction of sp³-hybridized carbons (Fsp3) is 0.465. The Labute approximate surface area is 367 Å². The first kappa shape index (κ1) is 46.5. The molecule has 0 spiro atoms. The molecule has 7 atom stereocenters. The molecule has 0 unspecified atom stereocenters. The summed E-state index contributed by atoms with van der Waals surface area (Å²) in [6.45, 7) is 2.02. The number of fused-ring (bicyclic) bond motifs is 5. The number of ether oxygens (including phenoxy) is 1. The molecule has 21 heteroatoms. The second kappa shape index (κ2) is 20.4. The number of aliphatic hydroxyl groups excluding tert-OH is 1. The van der Waals surface area contributed by atoms with E-state index in [0.29, 0.717) is 28.5 Å². The number of esters is 1. The minimum absolute atomic E-state index is 0.0480. The SMILES string of the molecule is COC(=O)[C@H]1Cc2cn(c3ccccc23)[C@@H](NC(=O)[C@H](Cc2ccc(O)cc2)NC(=O)[C@@H]2CCCN2C(=O)[C@@H]2CCC(=O)N2)C(=O)N[C@@H](C(C)C)C(=O)NCC(=O)N[C@H](CO)C(=O)N1. The number of aromatic hydroxyl groups is 1. The zero-order valence-electron chi connectivity index (χ0n) is 35.6. The van der Waals surface area contributed by atoms with Gasteiger partial charge in [-0.1, -0.05) is 44.2 Å². The van der Waals surface area contributed by atoms with Crippen LogP contribution in [0.3, 0.4) is 0 Å². The van der Waals surface area contributed by atoms with Crippen molar-refractivity contribution in [3.8, 4) is 5.75 Å². The summed E-state index contributed by atoms with van der Waals surface area (Å²) >= 11 is 0. The maximum absolute atomic E-state index is 14.7. The number of aliphatic hydroxyl groups is 1. The number of hydrogen-bond donors (Lipinski definition) is 9. The lowest BCUT2D eigenvalue weighted by molar-refractivity contribution is -0.145. The van der Waals surface area contributed by atoms with Crippen LogP contribution in [-0.2, 0) is 60.7 Å². The number of para-hydroxylation sites is 1. The number of carbonyl (C=O) groups excluding carboxylic acids is 9. The lowest BCUT2D eigenvalue weighted by Crippen LogP contribution is -2.58. The van der Waals surface area contributed by atoms with Crippen LogP contribution in [0, 0.1) is 5.92 Å². The molecule has 3 aliphatic heterocycles. The van der Waals surface area contributed by atoms with Gasteiger partial charge < -0.3 is 61.6 Å². The van der Waals surface area contributed by atoms with E-state index in [-0.39, 0.29) is 50.3 Å². The minimum atomic E-state index is -1.65. The fourth-order valence-electron chi connectivity index (χ4n) is 8.11. The quantitative estimate of drug-likeness (QED) is 0.0991. The van der Waals surface area contributed by atoms with Gasteiger partial charge in [0.2, 0.25) is 41.4 Å². The minimum Gasteiger partial charge on any atom is -0.508 e. The van der Waals surface area contributed by atoms with Crippen LogP contribution in [0.1, 0.15) is 56.8 Å². The summed E-state index contributed by atoms with van der Waals surface area (Å²) in [5, 5.41) is 38.6. The molecular formula is C43H53N9O12. The lowest BCUT2D eigenvalue weighted by atomic mass is 10.0. The van der Waals surface area contributed by atoms with Gasteiger partial charge in [-0.3, -0.25) is 38.4 Å². The van der Waals surface area contributed by atoms with Crippen LogP contribution >= 0.6 is 0 Å².